The molecular formula is C19H17ClN2O3. The van der Waals surface area contributed by atoms with Crippen molar-refractivity contribution in [1.82, 2.24) is 9.88 Å². The molecule has 0 spiro atoms. The van der Waals surface area contributed by atoms with Crippen molar-refractivity contribution in [2.24, 2.45) is 0 Å². The minimum atomic E-state index is -0.143. The van der Waals surface area contributed by atoms with Crippen molar-refractivity contribution in [3.63, 3.8) is 0 Å². The molecule has 3 aromatic rings. The maximum absolute atomic E-state index is 12.2. The summed E-state index contributed by atoms with van der Waals surface area (Å²) >= 11 is 5.95. The number of pyridine rings is 1. The van der Waals surface area contributed by atoms with E-state index in [9.17, 15) is 9.59 Å². The zero-order valence-electron chi connectivity index (χ0n) is 13.7. The fourth-order valence-electron chi connectivity index (χ4n) is 2.58. The van der Waals surface area contributed by atoms with Gasteiger partial charge >= 0.3 is 0 Å². The molecule has 6 heteroatoms. The molecule has 0 aliphatic rings. The summed E-state index contributed by atoms with van der Waals surface area (Å²) < 4.78 is 6.84. The number of ether oxygens (including phenoxy) is 1. The van der Waals surface area contributed by atoms with Crippen LogP contribution >= 0.6 is 11.6 Å². The van der Waals surface area contributed by atoms with E-state index in [1.165, 1.54) is 6.07 Å². The highest BCUT2D eigenvalue weighted by Gasteiger charge is 2.08. The summed E-state index contributed by atoms with van der Waals surface area (Å²) in [6.07, 6.45) is 1.62. The first kappa shape index (κ1) is 17.0. The van der Waals surface area contributed by atoms with E-state index in [0.29, 0.717) is 22.5 Å². The number of rotatable bonds is 5. The first-order valence-electron chi connectivity index (χ1n) is 7.75. The molecule has 2 aromatic carbocycles. The molecule has 0 atom stereocenters. The van der Waals surface area contributed by atoms with E-state index in [1.54, 1.807) is 36.1 Å². The Morgan fingerprint density at radius 2 is 1.92 bits per heavy atom. The lowest BCUT2D eigenvalue weighted by atomic mass is 10.2. The number of nitrogens with one attached hydrogen (secondary N) is 1. The monoisotopic (exact) mass is 356 g/mol. The van der Waals surface area contributed by atoms with E-state index in [-0.39, 0.29) is 17.9 Å². The second-order valence-electron chi connectivity index (χ2n) is 5.59. The lowest BCUT2D eigenvalue weighted by molar-refractivity contribution is -0.121. The van der Waals surface area contributed by atoms with Crippen LogP contribution in [0.15, 0.2) is 59.5 Å². The molecule has 1 aromatic heterocycles. The Labute approximate surface area is 149 Å². The van der Waals surface area contributed by atoms with E-state index in [1.807, 2.05) is 24.3 Å². The van der Waals surface area contributed by atoms with Crippen LogP contribution in [0.25, 0.3) is 10.9 Å². The molecule has 1 heterocycles. The number of methoxy groups -OCH3 is 1. The number of carbonyl (C=O) groups is 1. The van der Waals surface area contributed by atoms with Gasteiger partial charge in [0.15, 0.2) is 5.43 Å². The predicted molar refractivity (Wildman–Crippen MR) is 98.1 cm³/mol. The van der Waals surface area contributed by atoms with Gasteiger partial charge < -0.3 is 14.6 Å². The van der Waals surface area contributed by atoms with Gasteiger partial charge in [-0.3, -0.25) is 9.59 Å². The highest BCUT2D eigenvalue weighted by Crippen LogP contribution is 2.16. The second-order valence-corrected chi connectivity index (χ2v) is 6.03. The predicted octanol–water partition coefficient (Wildman–Crippen LogP) is 2.98. The lowest BCUT2D eigenvalue weighted by Crippen LogP contribution is -2.27. The summed E-state index contributed by atoms with van der Waals surface area (Å²) in [6, 6.07) is 14.0. The van der Waals surface area contributed by atoms with E-state index >= 15 is 0 Å². The van der Waals surface area contributed by atoms with Crippen LogP contribution in [0.1, 0.15) is 5.56 Å². The molecule has 0 saturated carbocycles. The van der Waals surface area contributed by atoms with Crippen molar-refractivity contribution in [3.05, 3.63) is 75.5 Å². The maximum Gasteiger partial charge on any atom is 0.240 e. The van der Waals surface area contributed by atoms with Crippen molar-refractivity contribution >= 4 is 28.4 Å². The molecule has 1 N–H and O–H groups in total. The van der Waals surface area contributed by atoms with Crippen molar-refractivity contribution in [3.8, 4) is 5.75 Å². The number of hydrogen-bond donors (Lipinski definition) is 1. The highest BCUT2D eigenvalue weighted by atomic mass is 35.5. The Morgan fingerprint density at radius 1 is 1.16 bits per heavy atom. The zero-order chi connectivity index (χ0) is 17.8. The zero-order valence-corrected chi connectivity index (χ0v) is 14.4. The first-order valence-corrected chi connectivity index (χ1v) is 8.13. The van der Waals surface area contributed by atoms with Gasteiger partial charge in [0.25, 0.3) is 0 Å². The molecule has 0 saturated heterocycles. The third-order valence-electron chi connectivity index (χ3n) is 3.90. The standard InChI is InChI=1S/C19H17ClN2O3/c1-25-15-5-2-13(3-6-15)11-21-19(24)12-22-9-8-18(23)16-10-14(20)4-7-17(16)22/h2-10H,11-12H2,1H3,(H,21,24). The van der Waals surface area contributed by atoms with Gasteiger partial charge in [0.05, 0.1) is 12.6 Å². The number of nitrogens with zero attached hydrogens (tertiary/aromatic N) is 1. The highest BCUT2D eigenvalue weighted by molar-refractivity contribution is 6.31. The average Bonchev–Trinajstić information content (AvgIpc) is 2.63. The van der Waals surface area contributed by atoms with Gasteiger partial charge in [0, 0.05) is 29.2 Å². The van der Waals surface area contributed by atoms with Crippen molar-refractivity contribution in [1.29, 1.82) is 0 Å². The summed E-state index contributed by atoms with van der Waals surface area (Å²) in [6.45, 7) is 0.543. The number of aromatic nitrogens is 1. The van der Waals surface area contributed by atoms with Crippen LogP contribution in [-0.2, 0) is 17.9 Å². The third-order valence-corrected chi connectivity index (χ3v) is 4.14. The molecule has 0 aliphatic heterocycles. The third kappa shape index (κ3) is 4.00. The SMILES string of the molecule is COc1ccc(CNC(=O)Cn2ccc(=O)c3cc(Cl)ccc32)cc1. The van der Waals surface area contributed by atoms with Gasteiger partial charge in [-0.05, 0) is 35.9 Å². The summed E-state index contributed by atoms with van der Waals surface area (Å²) in [5.41, 5.74) is 1.54. The molecule has 0 aliphatic carbocycles. The van der Waals surface area contributed by atoms with Crippen LogP contribution in [0.4, 0.5) is 0 Å². The Bertz CT molecular complexity index is 965. The van der Waals surface area contributed by atoms with Crippen LogP contribution < -0.4 is 15.5 Å². The minimum Gasteiger partial charge on any atom is -0.497 e. The Hall–Kier alpha value is -2.79. The molecule has 5 nitrogen and oxygen atoms in total. The van der Waals surface area contributed by atoms with Crippen LogP contribution in [0.2, 0.25) is 5.02 Å². The Kier molecular flexibility index (Phi) is 5.05. The van der Waals surface area contributed by atoms with E-state index in [4.69, 9.17) is 16.3 Å². The first-order chi connectivity index (χ1) is 12.1. The summed E-state index contributed by atoms with van der Waals surface area (Å²) in [5, 5.41) is 3.86. The molecule has 0 radical (unpaired) electrons. The number of hydrogen-bond acceptors (Lipinski definition) is 3. The van der Waals surface area contributed by atoms with Crippen LogP contribution in [0.5, 0.6) is 5.75 Å². The van der Waals surface area contributed by atoms with Crippen LogP contribution in [-0.4, -0.2) is 17.6 Å². The molecule has 0 fully saturated rings. The quantitative estimate of drug-likeness (QED) is 0.764. The van der Waals surface area contributed by atoms with Crippen LogP contribution in [0, 0.1) is 0 Å². The maximum atomic E-state index is 12.2. The molecule has 128 valence electrons. The average molecular weight is 357 g/mol. The van der Waals surface area contributed by atoms with E-state index < -0.39 is 0 Å². The summed E-state index contributed by atoms with van der Waals surface area (Å²) in [4.78, 5) is 24.2. The Balaban J connectivity index is 1.71. The molecule has 3 rings (SSSR count). The van der Waals surface area contributed by atoms with Crippen molar-refractivity contribution in [2.45, 2.75) is 13.1 Å². The Morgan fingerprint density at radius 3 is 2.64 bits per heavy atom. The molecule has 0 bridgehead atoms. The number of carbonyl (C=O) groups excluding carboxylic acids is 1. The summed E-state index contributed by atoms with van der Waals surface area (Å²) in [5.74, 6) is 0.629. The van der Waals surface area contributed by atoms with Crippen molar-refractivity contribution < 1.29 is 9.53 Å². The van der Waals surface area contributed by atoms with E-state index in [0.717, 1.165) is 11.3 Å². The topological polar surface area (TPSA) is 60.3 Å². The molecular weight excluding hydrogens is 340 g/mol. The van der Waals surface area contributed by atoms with Gasteiger partial charge in [-0.25, -0.2) is 0 Å². The number of benzene rings is 2. The lowest BCUT2D eigenvalue weighted by Gasteiger charge is -2.11. The molecule has 25 heavy (non-hydrogen) atoms. The smallest absolute Gasteiger partial charge is 0.240 e. The van der Waals surface area contributed by atoms with E-state index in [2.05, 4.69) is 5.32 Å². The number of fused-ring (bicyclic) bond motifs is 1. The molecule has 1 amide bonds. The van der Waals surface area contributed by atoms with Gasteiger partial charge in [-0.2, -0.15) is 0 Å². The van der Waals surface area contributed by atoms with Gasteiger partial charge in [-0.1, -0.05) is 23.7 Å². The summed E-state index contributed by atoms with van der Waals surface area (Å²) in [7, 11) is 1.61. The number of amides is 1. The fraction of sp³-hybridized carbons (Fsp3) is 0.158. The molecule has 0 unspecified atom stereocenters. The van der Waals surface area contributed by atoms with Gasteiger partial charge in [-0.15, -0.1) is 0 Å². The number of halogens is 1. The van der Waals surface area contributed by atoms with Gasteiger partial charge in [0.2, 0.25) is 5.91 Å². The van der Waals surface area contributed by atoms with Gasteiger partial charge in [0.1, 0.15) is 12.3 Å². The van der Waals surface area contributed by atoms with Crippen LogP contribution in [0.3, 0.4) is 0 Å². The van der Waals surface area contributed by atoms with Crippen molar-refractivity contribution in [2.75, 3.05) is 7.11 Å². The second kappa shape index (κ2) is 7.40. The minimum absolute atomic E-state index is 0.118. The fourth-order valence-corrected chi connectivity index (χ4v) is 2.75. The largest absolute Gasteiger partial charge is 0.497 e. The normalized spacial score (nSPS) is 10.6.